The number of carbonyl (C=O) groups excluding carboxylic acids is 1. The molecule has 0 saturated heterocycles. The van der Waals surface area contributed by atoms with E-state index in [4.69, 9.17) is 0 Å². The molecule has 28 heavy (non-hydrogen) atoms. The lowest BCUT2D eigenvalue weighted by atomic mass is 10.1. The quantitative estimate of drug-likeness (QED) is 0.574. The van der Waals surface area contributed by atoms with Gasteiger partial charge < -0.3 is 0 Å². The highest BCUT2D eigenvalue weighted by Crippen LogP contribution is 2.16. The van der Waals surface area contributed by atoms with Gasteiger partial charge >= 0.3 is 0 Å². The van der Waals surface area contributed by atoms with Gasteiger partial charge in [-0.1, -0.05) is 18.2 Å². The second-order valence-electron chi connectivity index (χ2n) is 6.62. The summed E-state index contributed by atoms with van der Waals surface area (Å²) >= 11 is 1.36. The van der Waals surface area contributed by atoms with Crippen molar-refractivity contribution in [1.82, 2.24) is 19.4 Å². The van der Waals surface area contributed by atoms with Crippen molar-refractivity contribution in [1.29, 1.82) is 0 Å². The first-order chi connectivity index (χ1) is 13.4. The van der Waals surface area contributed by atoms with Gasteiger partial charge in [0.1, 0.15) is 10.7 Å². The zero-order valence-electron chi connectivity index (χ0n) is 15.5. The molecule has 3 aromatic heterocycles. The minimum atomic E-state index is -0.591. The van der Waals surface area contributed by atoms with Gasteiger partial charge in [-0.05, 0) is 38.3 Å². The predicted octanol–water partition coefficient (Wildman–Crippen LogP) is 2.44. The summed E-state index contributed by atoms with van der Waals surface area (Å²) in [7, 11) is 0. The molecule has 9 heteroatoms. The summed E-state index contributed by atoms with van der Waals surface area (Å²) in [6, 6.07) is 8.24. The van der Waals surface area contributed by atoms with Crippen molar-refractivity contribution in [3.63, 3.8) is 0 Å². The number of amides is 1. The third kappa shape index (κ3) is 2.80. The van der Waals surface area contributed by atoms with Crippen LogP contribution in [0.2, 0.25) is 0 Å². The van der Waals surface area contributed by atoms with Gasteiger partial charge in [-0.15, -0.1) is 11.3 Å². The van der Waals surface area contributed by atoms with E-state index in [1.54, 1.807) is 42.6 Å². The molecule has 0 bridgehead atoms. The summed E-state index contributed by atoms with van der Waals surface area (Å²) in [5.41, 5.74) is 2.02. The monoisotopic (exact) mass is 395 g/mol. The van der Waals surface area contributed by atoms with Crippen LogP contribution in [0.5, 0.6) is 0 Å². The molecule has 0 atom stereocenters. The minimum absolute atomic E-state index is 0.0700. The fourth-order valence-corrected chi connectivity index (χ4v) is 3.83. The molecule has 1 aromatic carbocycles. The van der Waals surface area contributed by atoms with Crippen LogP contribution in [0.4, 0.5) is 0 Å². The first kappa shape index (κ1) is 18.1. The van der Waals surface area contributed by atoms with E-state index in [-0.39, 0.29) is 22.9 Å². The predicted molar refractivity (Wildman–Crippen MR) is 109 cm³/mol. The molecule has 142 valence electrons. The van der Waals surface area contributed by atoms with Gasteiger partial charge in [0.25, 0.3) is 17.0 Å². The van der Waals surface area contributed by atoms with E-state index in [9.17, 15) is 14.4 Å². The van der Waals surface area contributed by atoms with Gasteiger partial charge in [0.05, 0.1) is 16.8 Å². The largest absolute Gasteiger partial charge is 0.291 e. The van der Waals surface area contributed by atoms with E-state index in [0.29, 0.717) is 26.8 Å². The molecule has 0 spiro atoms. The van der Waals surface area contributed by atoms with E-state index in [1.165, 1.54) is 16.0 Å². The maximum atomic E-state index is 13.0. The van der Waals surface area contributed by atoms with Crippen LogP contribution in [0.15, 0.2) is 45.3 Å². The van der Waals surface area contributed by atoms with Gasteiger partial charge in [-0.3, -0.25) is 19.8 Å². The first-order valence-electron chi connectivity index (χ1n) is 8.68. The van der Waals surface area contributed by atoms with Crippen molar-refractivity contribution < 1.29 is 4.79 Å². The Hall–Kier alpha value is -3.33. The van der Waals surface area contributed by atoms with Crippen LogP contribution in [0.1, 0.15) is 36.2 Å². The average Bonchev–Trinajstić information content (AvgIpc) is 3.13. The van der Waals surface area contributed by atoms with Crippen LogP contribution >= 0.6 is 11.3 Å². The SMILES string of the molecule is Cc1nc2sccc2c(=O)n1NC(=O)c1nn(C(C)C)c(=O)c2ccccc12. The lowest BCUT2D eigenvalue weighted by Gasteiger charge is -2.15. The van der Waals surface area contributed by atoms with Crippen LogP contribution in [-0.2, 0) is 0 Å². The standard InChI is InChI=1S/C19H17N5O3S/c1-10(2)23-18(26)13-7-5-4-6-12(13)15(21-23)16(25)22-24-11(3)20-17-14(19(24)27)8-9-28-17/h4-10H,1-3H3,(H,22,25). The summed E-state index contributed by atoms with van der Waals surface area (Å²) < 4.78 is 2.38. The Kier molecular flexibility index (Phi) is 4.31. The zero-order valence-corrected chi connectivity index (χ0v) is 16.3. The highest BCUT2D eigenvalue weighted by atomic mass is 32.1. The summed E-state index contributed by atoms with van der Waals surface area (Å²) in [5, 5.41) is 7.30. The second kappa shape index (κ2) is 6.68. The molecule has 0 radical (unpaired) electrons. The van der Waals surface area contributed by atoms with Gasteiger partial charge in [0.15, 0.2) is 5.69 Å². The fraction of sp³-hybridized carbons (Fsp3) is 0.211. The van der Waals surface area contributed by atoms with E-state index in [2.05, 4.69) is 15.5 Å². The summed E-state index contributed by atoms with van der Waals surface area (Å²) in [4.78, 5) is 43.3. The molecule has 0 aliphatic carbocycles. The molecule has 8 nitrogen and oxygen atoms in total. The smallest absolute Gasteiger partial charge is 0.267 e. The number of hydrogen-bond donors (Lipinski definition) is 1. The van der Waals surface area contributed by atoms with Crippen LogP contribution in [0.25, 0.3) is 21.0 Å². The van der Waals surface area contributed by atoms with E-state index in [1.807, 2.05) is 13.8 Å². The maximum absolute atomic E-state index is 13.0. The Morgan fingerprint density at radius 3 is 2.50 bits per heavy atom. The number of aryl methyl sites for hydroxylation is 1. The number of nitrogens with zero attached hydrogens (tertiary/aromatic N) is 4. The zero-order chi connectivity index (χ0) is 20.0. The van der Waals surface area contributed by atoms with Gasteiger partial charge in [-0.2, -0.15) is 5.10 Å². The highest BCUT2D eigenvalue weighted by Gasteiger charge is 2.19. The van der Waals surface area contributed by atoms with E-state index < -0.39 is 5.91 Å². The van der Waals surface area contributed by atoms with Crippen molar-refractivity contribution in [2.75, 3.05) is 5.43 Å². The molecule has 0 aliphatic rings. The number of thiophene rings is 1. The van der Waals surface area contributed by atoms with Gasteiger partial charge in [-0.25, -0.2) is 14.3 Å². The Balaban J connectivity index is 1.88. The Morgan fingerprint density at radius 1 is 1.07 bits per heavy atom. The van der Waals surface area contributed by atoms with E-state index in [0.717, 1.165) is 4.68 Å². The van der Waals surface area contributed by atoms with E-state index >= 15 is 0 Å². The number of carbonyl (C=O) groups is 1. The molecule has 4 aromatic rings. The Morgan fingerprint density at radius 2 is 1.79 bits per heavy atom. The van der Waals surface area contributed by atoms with Gasteiger partial charge in [0.2, 0.25) is 0 Å². The number of nitrogens with one attached hydrogen (secondary N) is 1. The molecule has 0 saturated carbocycles. The van der Waals surface area contributed by atoms with Crippen LogP contribution in [0, 0.1) is 6.92 Å². The summed E-state index contributed by atoms with van der Waals surface area (Å²) in [6.45, 7) is 5.27. The van der Waals surface area contributed by atoms with Crippen LogP contribution in [0.3, 0.4) is 0 Å². The molecular formula is C19H17N5O3S. The molecule has 0 aliphatic heterocycles. The van der Waals surface area contributed by atoms with Crippen molar-refractivity contribution in [3.8, 4) is 0 Å². The van der Waals surface area contributed by atoms with Crippen molar-refractivity contribution in [3.05, 3.63) is 67.9 Å². The third-order valence-electron chi connectivity index (χ3n) is 4.41. The topological polar surface area (TPSA) is 98.9 Å². The number of rotatable bonds is 3. The molecule has 1 N–H and O–H groups in total. The molecular weight excluding hydrogens is 378 g/mol. The Labute approximate surface area is 163 Å². The first-order valence-corrected chi connectivity index (χ1v) is 9.56. The number of aromatic nitrogens is 4. The number of hydrogen-bond acceptors (Lipinski definition) is 6. The molecule has 3 heterocycles. The normalized spacial score (nSPS) is 11.4. The van der Waals surface area contributed by atoms with Crippen molar-refractivity contribution in [2.45, 2.75) is 26.8 Å². The summed E-state index contributed by atoms with van der Waals surface area (Å²) in [5.74, 6) is -0.234. The van der Waals surface area contributed by atoms with Crippen LogP contribution in [-0.4, -0.2) is 25.3 Å². The Bertz CT molecular complexity index is 1350. The van der Waals surface area contributed by atoms with Crippen molar-refractivity contribution in [2.24, 2.45) is 0 Å². The maximum Gasteiger partial charge on any atom is 0.291 e. The molecule has 0 unspecified atom stereocenters. The average molecular weight is 395 g/mol. The lowest BCUT2D eigenvalue weighted by Crippen LogP contribution is -2.37. The lowest BCUT2D eigenvalue weighted by molar-refractivity contribution is 0.100. The van der Waals surface area contributed by atoms with Crippen molar-refractivity contribution >= 4 is 38.2 Å². The summed E-state index contributed by atoms with van der Waals surface area (Å²) in [6.07, 6.45) is 0. The van der Waals surface area contributed by atoms with Crippen LogP contribution < -0.4 is 16.5 Å². The third-order valence-corrected chi connectivity index (χ3v) is 5.22. The number of benzene rings is 1. The minimum Gasteiger partial charge on any atom is -0.267 e. The molecule has 1 amide bonds. The molecule has 4 rings (SSSR count). The molecule has 0 fully saturated rings. The second-order valence-corrected chi connectivity index (χ2v) is 7.51. The number of fused-ring (bicyclic) bond motifs is 2. The fourth-order valence-electron chi connectivity index (χ4n) is 3.03. The van der Waals surface area contributed by atoms with Gasteiger partial charge in [0, 0.05) is 5.39 Å². The highest BCUT2D eigenvalue weighted by molar-refractivity contribution is 7.16.